The monoisotopic (exact) mass is 267 g/mol. The van der Waals surface area contributed by atoms with E-state index in [9.17, 15) is 0 Å². The Bertz CT molecular complexity index is 474. The van der Waals surface area contributed by atoms with Crippen molar-refractivity contribution in [2.45, 2.75) is 19.3 Å². The summed E-state index contributed by atoms with van der Waals surface area (Å²) >= 11 is 1.88. The second-order valence-electron chi connectivity index (χ2n) is 4.67. The molecule has 0 radical (unpaired) electrons. The van der Waals surface area contributed by atoms with Crippen LogP contribution < -0.4 is 5.32 Å². The average Bonchev–Trinajstić information content (AvgIpc) is 2.74. The van der Waals surface area contributed by atoms with Crippen LogP contribution in [0.15, 0.2) is 29.6 Å². The summed E-state index contributed by atoms with van der Waals surface area (Å²) in [7, 11) is 0. The van der Waals surface area contributed by atoms with Crippen LogP contribution in [0.1, 0.15) is 18.4 Å². The highest BCUT2D eigenvalue weighted by Crippen LogP contribution is 2.28. The van der Waals surface area contributed by atoms with Crippen LogP contribution in [0.25, 0.3) is 10.1 Å². The molecule has 1 aromatic heterocycles. The third-order valence-electron chi connectivity index (χ3n) is 3.47. The first-order valence-corrected chi connectivity index (χ1v) is 6.97. The minimum absolute atomic E-state index is 0. The van der Waals surface area contributed by atoms with E-state index in [4.69, 9.17) is 0 Å². The Morgan fingerprint density at radius 3 is 3.00 bits per heavy atom. The predicted molar refractivity (Wildman–Crippen MR) is 78.4 cm³/mol. The van der Waals surface area contributed by atoms with Gasteiger partial charge in [-0.25, -0.2) is 0 Å². The van der Waals surface area contributed by atoms with Gasteiger partial charge < -0.3 is 5.32 Å². The van der Waals surface area contributed by atoms with E-state index < -0.39 is 0 Å². The summed E-state index contributed by atoms with van der Waals surface area (Å²) in [5.41, 5.74) is 1.55. The number of piperidine rings is 1. The smallest absolute Gasteiger partial charge is 0.0345 e. The quantitative estimate of drug-likeness (QED) is 0.871. The van der Waals surface area contributed by atoms with Gasteiger partial charge in [0.2, 0.25) is 0 Å². The fraction of sp³-hybridized carbons (Fsp3) is 0.429. The third-order valence-corrected chi connectivity index (χ3v) is 4.48. The minimum Gasteiger partial charge on any atom is -0.316 e. The van der Waals surface area contributed by atoms with Crippen molar-refractivity contribution in [2.75, 3.05) is 13.1 Å². The maximum atomic E-state index is 3.50. The van der Waals surface area contributed by atoms with E-state index in [2.05, 4.69) is 35.0 Å². The van der Waals surface area contributed by atoms with Gasteiger partial charge in [-0.1, -0.05) is 18.2 Å². The molecular weight excluding hydrogens is 250 g/mol. The third kappa shape index (κ3) is 2.82. The topological polar surface area (TPSA) is 12.0 Å². The van der Waals surface area contributed by atoms with Crippen LogP contribution in [-0.2, 0) is 6.42 Å². The molecule has 1 fully saturated rings. The standard InChI is InChI=1S/C14H17NS.ClH/c1-2-6-14-13(5-1)12(10-16-14)8-11-4-3-7-15-9-11;/h1-2,5-6,10-11,15H,3-4,7-9H2;1H. The van der Waals surface area contributed by atoms with Crippen molar-refractivity contribution in [1.82, 2.24) is 5.32 Å². The van der Waals surface area contributed by atoms with Crippen LogP contribution in [-0.4, -0.2) is 13.1 Å². The normalized spacial score (nSPS) is 20.1. The Kier molecular flexibility index (Phi) is 4.43. The lowest BCUT2D eigenvalue weighted by Gasteiger charge is -2.22. The Morgan fingerprint density at radius 2 is 2.18 bits per heavy atom. The van der Waals surface area contributed by atoms with E-state index in [1.165, 1.54) is 42.4 Å². The van der Waals surface area contributed by atoms with Gasteiger partial charge in [-0.05, 0) is 60.7 Å². The van der Waals surface area contributed by atoms with Gasteiger partial charge in [-0.15, -0.1) is 23.7 Å². The summed E-state index contributed by atoms with van der Waals surface area (Å²) in [5.74, 6) is 0.840. The first kappa shape index (κ1) is 12.9. The first-order chi connectivity index (χ1) is 7.93. The molecule has 3 heteroatoms. The predicted octanol–water partition coefficient (Wildman–Crippen LogP) is 3.87. The molecule has 2 aromatic rings. The highest BCUT2D eigenvalue weighted by Gasteiger charge is 2.15. The summed E-state index contributed by atoms with van der Waals surface area (Å²) < 4.78 is 1.43. The van der Waals surface area contributed by atoms with Crippen LogP contribution >= 0.6 is 23.7 Å². The second kappa shape index (κ2) is 5.85. The van der Waals surface area contributed by atoms with E-state index in [0.29, 0.717) is 0 Å². The molecule has 0 aliphatic carbocycles. The highest BCUT2D eigenvalue weighted by atomic mass is 35.5. The number of hydrogen-bond acceptors (Lipinski definition) is 2. The number of rotatable bonds is 2. The maximum Gasteiger partial charge on any atom is 0.0345 e. The molecular formula is C14H18ClNS. The van der Waals surface area contributed by atoms with E-state index in [1.54, 1.807) is 5.56 Å². The Morgan fingerprint density at radius 1 is 1.29 bits per heavy atom. The fourth-order valence-corrected chi connectivity index (χ4v) is 3.58. The summed E-state index contributed by atoms with van der Waals surface area (Å²) in [6, 6.07) is 8.77. The molecule has 1 aliphatic heterocycles. The second-order valence-corrected chi connectivity index (χ2v) is 5.58. The van der Waals surface area contributed by atoms with Crippen LogP contribution in [0.3, 0.4) is 0 Å². The Labute approximate surface area is 113 Å². The molecule has 0 saturated carbocycles. The molecule has 92 valence electrons. The van der Waals surface area contributed by atoms with E-state index >= 15 is 0 Å². The molecule has 1 aromatic carbocycles. The Hall–Kier alpha value is -0.570. The maximum absolute atomic E-state index is 3.50. The van der Waals surface area contributed by atoms with Gasteiger partial charge in [0, 0.05) is 4.70 Å². The molecule has 1 unspecified atom stereocenters. The summed E-state index contributed by atoms with van der Waals surface area (Å²) in [4.78, 5) is 0. The molecule has 0 spiro atoms. The van der Waals surface area contributed by atoms with Gasteiger partial charge >= 0.3 is 0 Å². The molecule has 17 heavy (non-hydrogen) atoms. The largest absolute Gasteiger partial charge is 0.316 e. The molecule has 2 heterocycles. The van der Waals surface area contributed by atoms with E-state index in [0.717, 1.165) is 5.92 Å². The van der Waals surface area contributed by atoms with Crippen LogP contribution in [0.2, 0.25) is 0 Å². The molecule has 1 N–H and O–H groups in total. The Balaban J connectivity index is 0.00000108. The molecule has 3 rings (SSSR count). The van der Waals surface area contributed by atoms with Crippen molar-refractivity contribution in [1.29, 1.82) is 0 Å². The van der Waals surface area contributed by atoms with Gasteiger partial charge in [0.05, 0.1) is 0 Å². The summed E-state index contributed by atoms with van der Waals surface area (Å²) in [6.45, 7) is 2.41. The zero-order valence-electron chi connectivity index (χ0n) is 9.82. The van der Waals surface area contributed by atoms with E-state index in [-0.39, 0.29) is 12.4 Å². The van der Waals surface area contributed by atoms with Crippen molar-refractivity contribution < 1.29 is 0 Å². The average molecular weight is 268 g/mol. The minimum atomic E-state index is 0. The van der Waals surface area contributed by atoms with Gasteiger partial charge in [0.1, 0.15) is 0 Å². The molecule has 1 saturated heterocycles. The van der Waals surface area contributed by atoms with Crippen molar-refractivity contribution in [3.05, 3.63) is 35.2 Å². The zero-order chi connectivity index (χ0) is 10.8. The van der Waals surface area contributed by atoms with Crippen molar-refractivity contribution in [3.63, 3.8) is 0 Å². The zero-order valence-corrected chi connectivity index (χ0v) is 11.4. The van der Waals surface area contributed by atoms with Gasteiger partial charge in [0.25, 0.3) is 0 Å². The van der Waals surface area contributed by atoms with Gasteiger partial charge in [-0.2, -0.15) is 0 Å². The SMILES string of the molecule is Cl.c1ccc2c(CC3CCCNC3)csc2c1. The molecule has 1 aliphatic rings. The summed E-state index contributed by atoms with van der Waals surface area (Å²) in [6.07, 6.45) is 3.97. The van der Waals surface area contributed by atoms with Crippen LogP contribution in [0.4, 0.5) is 0 Å². The molecule has 0 amide bonds. The number of hydrogen-bond donors (Lipinski definition) is 1. The lowest BCUT2D eigenvalue weighted by Crippen LogP contribution is -2.30. The number of fused-ring (bicyclic) bond motifs is 1. The van der Waals surface area contributed by atoms with Gasteiger partial charge in [-0.3, -0.25) is 0 Å². The highest BCUT2D eigenvalue weighted by molar-refractivity contribution is 7.17. The first-order valence-electron chi connectivity index (χ1n) is 6.09. The lowest BCUT2D eigenvalue weighted by atomic mass is 9.92. The van der Waals surface area contributed by atoms with Crippen LogP contribution in [0, 0.1) is 5.92 Å². The lowest BCUT2D eigenvalue weighted by molar-refractivity contribution is 0.377. The fourth-order valence-electron chi connectivity index (χ4n) is 2.60. The number of halogens is 1. The molecule has 1 atom stereocenters. The number of benzene rings is 1. The van der Waals surface area contributed by atoms with Crippen molar-refractivity contribution >= 4 is 33.8 Å². The van der Waals surface area contributed by atoms with Crippen molar-refractivity contribution in [2.24, 2.45) is 5.92 Å². The van der Waals surface area contributed by atoms with E-state index in [1.807, 2.05) is 11.3 Å². The van der Waals surface area contributed by atoms with Crippen molar-refractivity contribution in [3.8, 4) is 0 Å². The molecule has 1 nitrogen and oxygen atoms in total. The molecule has 0 bridgehead atoms. The number of nitrogens with one attached hydrogen (secondary N) is 1. The summed E-state index contributed by atoms with van der Waals surface area (Å²) in [5, 5.41) is 7.32. The van der Waals surface area contributed by atoms with Crippen LogP contribution in [0.5, 0.6) is 0 Å². The number of thiophene rings is 1. The van der Waals surface area contributed by atoms with Gasteiger partial charge in [0.15, 0.2) is 0 Å².